The van der Waals surface area contributed by atoms with Gasteiger partial charge in [-0.05, 0) is 66.9 Å². The quantitative estimate of drug-likeness (QED) is 0.799. The Morgan fingerprint density at radius 3 is 2.14 bits per heavy atom. The van der Waals surface area contributed by atoms with Gasteiger partial charge in [0.05, 0.1) is 0 Å². The monoisotopic (exact) mass is 379 g/mol. The van der Waals surface area contributed by atoms with Crippen molar-refractivity contribution in [3.05, 3.63) is 46.5 Å². The lowest BCUT2D eigenvalue weighted by Crippen LogP contribution is -2.44. The molecule has 7 rings (SSSR count). The molecule has 0 spiro atoms. The first-order valence-electron chi connectivity index (χ1n) is 9.67. The van der Waals surface area contributed by atoms with Gasteiger partial charge in [-0.25, -0.2) is 0 Å². The van der Waals surface area contributed by atoms with Crippen LogP contribution >= 0.6 is 0 Å². The number of ether oxygens (including phenoxy) is 4. The normalized spacial score (nSPS) is 26.0. The van der Waals surface area contributed by atoms with Gasteiger partial charge in [-0.15, -0.1) is 0 Å². The van der Waals surface area contributed by atoms with E-state index in [1.807, 2.05) is 0 Å². The Labute approximate surface area is 162 Å². The SMILES string of the molecule is CC(=O)C[C@@H]1[C@@H]2c3cc4c(cc3C[C@@H](c3cc5c(cc32)OCO5)N1C)OCO4. The van der Waals surface area contributed by atoms with Crippen LogP contribution in [-0.4, -0.2) is 37.4 Å². The summed E-state index contributed by atoms with van der Waals surface area (Å²) in [6.07, 6.45) is 1.37. The van der Waals surface area contributed by atoms with Crippen molar-refractivity contribution in [2.75, 3.05) is 20.6 Å². The summed E-state index contributed by atoms with van der Waals surface area (Å²) in [5.74, 6) is 3.47. The predicted octanol–water partition coefficient (Wildman–Crippen LogP) is 3.17. The van der Waals surface area contributed by atoms with Crippen molar-refractivity contribution in [1.82, 2.24) is 4.90 Å². The zero-order valence-electron chi connectivity index (χ0n) is 15.9. The van der Waals surface area contributed by atoms with Crippen LogP contribution in [0.25, 0.3) is 0 Å². The zero-order chi connectivity index (χ0) is 19.0. The Bertz CT molecular complexity index is 1020. The van der Waals surface area contributed by atoms with Crippen molar-refractivity contribution in [2.45, 2.75) is 37.8 Å². The third-order valence-corrected chi connectivity index (χ3v) is 6.55. The Hall–Kier alpha value is -2.73. The number of likely N-dealkylation sites (N-methyl/N-ethyl adjacent to an activating group) is 1. The molecule has 0 saturated heterocycles. The molecule has 6 nitrogen and oxygen atoms in total. The molecule has 28 heavy (non-hydrogen) atoms. The highest BCUT2D eigenvalue weighted by Gasteiger charge is 2.45. The minimum atomic E-state index is 0.0710. The summed E-state index contributed by atoms with van der Waals surface area (Å²) in [5, 5.41) is 0. The van der Waals surface area contributed by atoms with Crippen molar-refractivity contribution in [3.63, 3.8) is 0 Å². The second-order valence-corrected chi connectivity index (χ2v) is 8.08. The first-order chi connectivity index (χ1) is 13.6. The summed E-state index contributed by atoms with van der Waals surface area (Å²) < 4.78 is 22.6. The maximum Gasteiger partial charge on any atom is 0.231 e. The standard InChI is InChI=1S/C22H21NO5/c1-11(24)3-17-22-13-6-19-18(25-9-26-19)5-12(13)4-16(23(17)2)14-7-20-21(8-15(14)22)28-10-27-20/h5-8,16-17,22H,3-4,9-10H2,1-2H3/t16-,17+,22+/m0/s1. The number of nitrogens with zero attached hydrogens (tertiary/aromatic N) is 1. The van der Waals surface area contributed by atoms with Crippen LogP contribution in [0.15, 0.2) is 24.3 Å². The highest BCUT2D eigenvalue weighted by Crippen LogP contribution is 2.54. The molecule has 2 aromatic carbocycles. The van der Waals surface area contributed by atoms with Crippen LogP contribution in [0.2, 0.25) is 0 Å². The molecule has 0 N–H and O–H groups in total. The van der Waals surface area contributed by atoms with Crippen molar-refractivity contribution in [1.29, 1.82) is 0 Å². The molecule has 4 aliphatic heterocycles. The summed E-state index contributed by atoms with van der Waals surface area (Å²) >= 11 is 0. The molecular formula is C22H21NO5. The number of hydrogen-bond donors (Lipinski definition) is 0. The van der Waals surface area contributed by atoms with Gasteiger partial charge >= 0.3 is 0 Å². The summed E-state index contributed by atoms with van der Waals surface area (Å²) in [6.45, 7) is 2.20. The average Bonchev–Trinajstić information content (AvgIpc) is 3.26. The highest BCUT2D eigenvalue weighted by atomic mass is 16.7. The second kappa shape index (κ2) is 5.64. The fraction of sp³-hybridized carbons (Fsp3) is 0.409. The van der Waals surface area contributed by atoms with Crippen LogP contribution in [-0.2, 0) is 11.2 Å². The Morgan fingerprint density at radius 2 is 1.50 bits per heavy atom. The first kappa shape index (κ1) is 16.2. The lowest BCUT2D eigenvalue weighted by molar-refractivity contribution is -0.118. The summed E-state index contributed by atoms with van der Waals surface area (Å²) in [4.78, 5) is 14.5. The van der Waals surface area contributed by atoms with Gasteiger partial charge in [-0.3, -0.25) is 9.69 Å². The molecule has 2 aromatic rings. The van der Waals surface area contributed by atoms with E-state index in [2.05, 4.69) is 36.2 Å². The number of Topliss-reactive ketones (excluding diaryl/α,β-unsaturated/α-hetero) is 1. The number of carbonyl (C=O) groups excluding carboxylic acids is 1. The van der Waals surface area contributed by atoms with Crippen molar-refractivity contribution >= 4 is 5.78 Å². The fourth-order valence-electron chi connectivity index (χ4n) is 5.28. The number of fused-ring (bicyclic) bond motifs is 3. The van der Waals surface area contributed by atoms with E-state index in [1.165, 1.54) is 22.3 Å². The minimum Gasteiger partial charge on any atom is -0.454 e. The van der Waals surface area contributed by atoms with Crippen LogP contribution in [0.1, 0.15) is 47.6 Å². The van der Waals surface area contributed by atoms with E-state index in [0.717, 1.165) is 29.4 Å². The van der Waals surface area contributed by atoms with Crippen LogP contribution in [0.5, 0.6) is 23.0 Å². The van der Waals surface area contributed by atoms with E-state index in [9.17, 15) is 4.79 Å². The lowest BCUT2D eigenvalue weighted by atomic mass is 9.77. The molecule has 4 heterocycles. The molecule has 144 valence electrons. The van der Waals surface area contributed by atoms with E-state index < -0.39 is 0 Å². The number of ketones is 1. The summed E-state index contributed by atoms with van der Waals surface area (Å²) in [6, 6.07) is 8.75. The van der Waals surface area contributed by atoms with E-state index in [1.54, 1.807) is 6.92 Å². The molecule has 6 heteroatoms. The van der Waals surface area contributed by atoms with Gasteiger partial charge < -0.3 is 18.9 Å². The number of carbonyl (C=O) groups is 1. The van der Waals surface area contributed by atoms with Gasteiger partial charge in [0.15, 0.2) is 23.0 Å². The third-order valence-electron chi connectivity index (χ3n) is 6.55. The average molecular weight is 379 g/mol. The van der Waals surface area contributed by atoms with Crippen LogP contribution < -0.4 is 18.9 Å². The fourth-order valence-corrected chi connectivity index (χ4v) is 5.28. The molecule has 5 aliphatic rings. The van der Waals surface area contributed by atoms with E-state index in [0.29, 0.717) is 6.42 Å². The van der Waals surface area contributed by atoms with Crippen LogP contribution in [0.4, 0.5) is 0 Å². The van der Waals surface area contributed by atoms with Gasteiger partial charge in [0.1, 0.15) is 5.78 Å². The Kier molecular flexibility index (Phi) is 3.27. The first-order valence-corrected chi connectivity index (χ1v) is 9.67. The van der Waals surface area contributed by atoms with Crippen molar-refractivity contribution in [3.8, 4) is 23.0 Å². The van der Waals surface area contributed by atoms with Gasteiger partial charge in [0, 0.05) is 24.4 Å². The maximum absolute atomic E-state index is 12.1. The highest BCUT2D eigenvalue weighted by molar-refractivity contribution is 5.77. The molecule has 0 unspecified atom stereocenters. The van der Waals surface area contributed by atoms with Gasteiger partial charge in [0.2, 0.25) is 13.6 Å². The largest absolute Gasteiger partial charge is 0.454 e. The number of hydrogen-bond acceptors (Lipinski definition) is 6. The predicted molar refractivity (Wildman–Crippen MR) is 100 cm³/mol. The van der Waals surface area contributed by atoms with Crippen LogP contribution in [0.3, 0.4) is 0 Å². The topological polar surface area (TPSA) is 57.2 Å². The van der Waals surface area contributed by atoms with Crippen molar-refractivity contribution in [2.24, 2.45) is 0 Å². The minimum absolute atomic E-state index is 0.0710. The molecule has 0 fully saturated rings. The summed E-state index contributed by atoms with van der Waals surface area (Å²) in [7, 11) is 2.13. The molecule has 0 amide bonds. The zero-order valence-corrected chi connectivity index (χ0v) is 15.9. The molecule has 3 atom stereocenters. The lowest BCUT2D eigenvalue weighted by Gasteiger charge is -2.43. The van der Waals surface area contributed by atoms with E-state index >= 15 is 0 Å². The molecule has 0 aromatic heterocycles. The number of rotatable bonds is 2. The molecule has 2 bridgehead atoms. The molecule has 0 radical (unpaired) electrons. The number of benzene rings is 2. The summed E-state index contributed by atoms with van der Waals surface area (Å²) in [5.41, 5.74) is 4.98. The van der Waals surface area contributed by atoms with Gasteiger partial charge in [-0.2, -0.15) is 0 Å². The van der Waals surface area contributed by atoms with Crippen molar-refractivity contribution < 1.29 is 23.7 Å². The van der Waals surface area contributed by atoms with Gasteiger partial charge in [-0.1, -0.05) is 0 Å². The molecule has 0 saturated carbocycles. The molecular weight excluding hydrogens is 358 g/mol. The molecule has 1 aliphatic carbocycles. The third kappa shape index (κ3) is 2.15. The van der Waals surface area contributed by atoms with E-state index in [-0.39, 0.29) is 37.4 Å². The Balaban J connectivity index is 1.60. The smallest absolute Gasteiger partial charge is 0.231 e. The van der Waals surface area contributed by atoms with E-state index in [4.69, 9.17) is 18.9 Å². The second-order valence-electron chi connectivity index (χ2n) is 8.08. The van der Waals surface area contributed by atoms with Gasteiger partial charge in [0.25, 0.3) is 0 Å². The maximum atomic E-state index is 12.1. The van der Waals surface area contributed by atoms with Crippen LogP contribution in [0, 0.1) is 0 Å². The Morgan fingerprint density at radius 1 is 0.929 bits per heavy atom.